The second-order valence-electron chi connectivity index (χ2n) is 3.67. The molecule has 1 aromatic rings. The van der Waals surface area contributed by atoms with Crippen molar-refractivity contribution in [2.45, 2.75) is 48.5 Å². The van der Waals surface area contributed by atoms with Gasteiger partial charge in [0.2, 0.25) is 0 Å². The van der Waals surface area contributed by atoms with Gasteiger partial charge in [-0.2, -0.15) is 0 Å². The van der Waals surface area contributed by atoms with Crippen LogP contribution in [0.4, 0.5) is 0 Å². The zero-order valence-corrected chi connectivity index (χ0v) is 10.0. The third-order valence-corrected chi connectivity index (χ3v) is 2.31. The molecule has 0 N–H and O–H groups in total. The number of rotatable bonds is 3. The van der Waals surface area contributed by atoms with Crippen molar-refractivity contribution in [2.75, 3.05) is 0 Å². The number of terminal acetylenes is 1. The van der Waals surface area contributed by atoms with Crippen molar-refractivity contribution in [1.82, 2.24) is 0 Å². The van der Waals surface area contributed by atoms with Crippen LogP contribution in [0.1, 0.15) is 51.3 Å². The van der Waals surface area contributed by atoms with E-state index in [1.54, 1.807) is 0 Å². The quantitative estimate of drug-likeness (QED) is 0.592. The average molecular weight is 232 g/mol. The Labute approximate surface area is 109 Å². The fraction of sp³-hybridized carbons (Fsp3) is 0.412. The van der Waals surface area contributed by atoms with Gasteiger partial charge in [0, 0.05) is 0 Å². The highest BCUT2D eigenvalue weighted by Gasteiger charge is 2.01. The van der Waals surface area contributed by atoms with E-state index in [2.05, 4.69) is 58.4 Å². The molecule has 0 saturated carbocycles. The lowest BCUT2D eigenvalue weighted by atomic mass is 9.97. The van der Waals surface area contributed by atoms with Gasteiger partial charge in [-0.3, -0.25) is 0 Å². The summed E-state index contributed by atoms with van der Waals surface area (Å²) < 4.78 is 0. The molecule has 0 nitrogen and oxygen atoms in total. The smallest absolute Gasteiger partial charge is 0.0201 e. The van der Waals surface area contributed by atoms with E-state index in [0.29, 0.717) is 0 Å². The number of benzene rings is 1. The lowest BCUT2D eigenvalue weighted by Gasteiger charge is -2.08. The van der Waals surface area contributed by atoms with Crippen LogP contribution in [-0.4, -0.2) is 0 Å². The highest BCUT2D eigenvalue weighted by molar-refractivity contribution is 5.66. The van der Waals surface area contributed by atoms with Gasteiger partial charge in [-0.1, -0.05) is 58.5 Å². The van der Waals surface area contributed by atoms with Crippen molar-refractivity contribution in [1.29, 1.82) is 0 Å². The second-order valence-corrected chi connectivity index (χ2v) is 3.67. The maximum atomic E-state index is 4.11. The molecule has 1 aromatic carbocycles. The summed E-state index contributed by atoms with van der Waals surface area (Å²) in [5, 5.41) is 0. The van der Waals surface area contributed by atoms with Crippen LogP contribution in [0.2, 0.25) is 0 Å². The van der Waals surface area contributed by atoms with Gasteiger partial charge in [0.25, 0.3) is 0 Å². The molecule has 96 valence electrons. The summed E-state index contributed by atoms with van der Waals surface area (Å²) in [6.07, 6.45) is 10.3. The summed E-state index contributed by atoms with van der Waals surface area (Å²) in [6, 6.07) is 6.56. The first-order valence-corrected chi connectivity index (χ1v) is 5.24. The van der Waals surface area contributed by atoms with E-state index < -0.39 is 0 Å². The number of hydrogen-bond donors (Lipinski definition) is 0. The van der Waals surface area contributed by atoms with Gasteiger partial charge in [0.15, 0.2) is 0 Å². The summed E-state index contributed by atoms with van der Waals surface area (Å²) in [4.78, 5) is 0. The lowest BCUT2D eigenvalue weighted by molar-refractivity contribution is 0.973. The minimum Gasteiger partial charge on any atom is -0.124 e. The molecule has 0 saturated heterocycles. The maximum absolute atomic E-state index is 4.11. The Balaban J connectivity index is -0.000000464. The van der Waals surface area contributed by atoms with Gasteiger partial charge >= 0.3 is 0 Å². The standard InChI is InChI=1S/C13H18.C2H2.2CH4/c1-5-6-11(3)13-8-7-10(2)9-12(13)4;1-2;;/h7-9H,3,5-6H2,1-2,4H3;1-2H;2*1H4. The Morgan fingerprint density at radius 3 is 2.12 bits per heavy atom. The summed E-state index contributed by atoms with van der Waals surface area (Å²) in [5.41, 5.74) is 5.26. The van der Waals surface area contributed by atoms with Gasteiger partial charge < -0.3 is 0 Å². The minimum absolute atomic E-state index is 0. The van der Waals surface area contributed by atoms with Crippen molar-refractivity contribution in [2.24, 2.45) is 0 Å². The van der Waals surface area contributed by atoms with E-state index >= 15 is 0 Å². The highest BCUT2D eigenvalue weighted by Crippen LogP contribution is 2.21. The molecule has 0 bridgehead atoms. The second kappa shape index (κ2) is 11.0. The first kappa shape index (κ1) is 20.9. The molecule has 0 amide bonds. The lowest BCUT2D eigenvalue weighted by Crippen LogP contribution is -1.88. The van der Waals surface area contributed by atoms with Crippen LogP contribution < -0.4 is 0 Å². The Morgan fingerprint density at radius 1 is 1.18 bits per heavy atom. The zero-order chi connectivity index (χ0) is 11.8. The molecular weight excluding hydrogens is 204 g/mol. The van der Waals surface area contributed by atoms with Crippen LogP contribution in [0.15, 0.2) is 24.8 Å². The molecule has 0 aliphatic rings. The van der Waals surface area contributed by atoms with Crippen LogP contribution in [-0.2, 0) is 0 Å². The number of allylic oxidation sites excluding steroid dienone is 1. The molecule has 17 heavy (non-hydrogen) atoms. The van der Waals surface area contributed by atoms with Gasteiger partial charge in [-0.05, 0) is 37.0 Å². The largest absolute Gasteiger partial charge is 0.124 e. The highest BCUT2D eigenvalue weighted by atomic mass is 14.1. The van der Waals surface area contributed by atoms with Gasteiger partial charge in [0.05, 0.1) is 0 Å². The van der Waals surface area contributed by atoms with Crippen LogP contribution in [0.5, 0.6) is 0 Å². The van der Waals surface area contributed by atoms with E-state index in [1.807, 2.05) is 0 Å². The van der Waals surface area contributed by atoms with Crippen LogP contribution in [0, 0.1) is 26.7 Å². The molecule has 0 unspecified atom stereocenters. The zero-order valence-electron chi connectivity index (χ0n) is 10.0. The number of aryl methyl sites for hydroxylation is 2. The molecule has 0 aliphatic heterocycles. The summed E-state index contributed by atoms with van der Waals surface area (Å²) in [5.74, 6) is 0. The van der Waals surface area contributed by atoms with Crippen molar-refractivity contribution < 1.29 is 0 Å². The molecule has 0 spiro atoms. The monoisotopic (exact) mass is 232 g/mol. The third kappa shape index (κ3) is 6.64. The summed E-state index contributed by atoms with van der Waals surface area (Å²) in [6.45, 7) is 10.6. The van der Waals surface area contributed by atoms with E-state index in [4.69, 9.17) is 0 Å². The SMILES string of the molecule is C.C.C#C.C=C(CCC)c1ccc(C)cc1C. The molecular formula is C17H28. The molecule has 0 heteroatoms. The van der Waals surface area contributed by atoms with Crippen LogP contribution in [0.3, 0.4) is 0 Å². The predicted molar refractivity (Wildman–Crippen MR) is 83.2 cm³/mol. The number of hydrogen-bond acceptors (Lipinski definition) is 0. The maximum Gasteiger partial charge on any atom is -0.0201 e. The van der Waals surface area contributed by atoms with Gasteiger partial charge in [-0.15, -0.1) is 12.8 Å². The third-order valence-electron chi connectivity index (χ3n) is 2.31. The van der Waals surface area contributed by atoms with Crippen molar-refractivity contribution in [3.05, 3.63) is 41.5 Å². The molecule has 0 heterocycles. The summed E-state index contributed by atoms with van der Waals surface area (Å²) >= 11 is 0. The van der Waals surface area contributed by atoms with Crippen LogP contribution in [0.25, 0.3) is 5.57 Å². The van der Waals surface area contributed by atoms with Gasteiger partial charge in [0.1, 0.15) is 0 Å². The first-order valence-electron chi connectivity index (χ1n) is 5.24. The molecule has 0 radical (unpaired) electrons. The Morgan fingerprint density at radius 2 is 1.71 bits per heavy atom. The predicted octanol–water partition coefficient (Wildman–Crippen LogP) is 5.64. The van der Waals surface area contributed by atoms with Crippen molar-refractivity contribution >= 4 is 5.57 Å². The molecule has 1 rings (SSSR count). The fourth-order valence-electron chi connectivity index (χ4n) is 1.65. The Bertz CT molecular complexity index is 342. The topological polar surface area (TPSA) is 0 Å². The average Bonchev–Trinajstić information content (AvgIpc) is 2.21. The van der Waals surface area contributed by atoms with Gasteiger partial charge in [-0.25, -0.2) is 0 Å². The Kier molecular flexibility index (Phi) is 13.5. The summed E-state index contributed by atoms with van der Waals surface area (Å²) in [7, 11) is 0. The Hall–Kier alpha value is -1.48. The normalized spacial score (nSPS) is 7.82. The van der Waals surface area contributed by atoms with Crippen molar-refractivity contribution in [3.63, 3.8) is 0 Å². The van der Waals surface area contributed by atoms with E-state index in [1.165, 1.54) is 28.7 Å². The van der Waals surface area contributed by atoms with Crippen LogP contribution >= 0.6 is 0 Å². The van der Waals surface area contributed by atoms with Crippen molar-refractivity contribution in [3.8, 4) is 12.8 Å². The van der Waals surface area contributed by atoms with E-state index in [9.17, 15) is 0 Å². The first-order chi connectivity index (χ1) is 7.15. The molecule has 0 fully saturated rings. The molecule has 0 atom stereocenters. The van der Waals surface area contributed by atoms with E-state index in [0.717, 1.165) is 6.42 Å². The minimum atomic E-state index is 0. The molecule has 0 aliphatic carbocycles. The molecule has 0 aromatic heterocycles. The fourth-order valence-corrected chi connectivity index (χ4v) is 1.65. The van der Waals surface area contributed by atoms with E-state index in [-0.39, 0.29) is 14.9 Å².